The molecule has 1 aromatic carbocycles. The summed E-state index contributed by atoms with van der Waals surface area (Å²) in [6, 6.07) is 8.32. The fourth-order valence-electron chi connectivity index (χ4n) is 2.44. The highest BCUT2D eigenvalue weighted by Crippen LogP contribution is 2.34. The minimum absolute atomic E-state index is 0. The van der Waals surface area contributed by atoms with Crippen molar-refractivity contribution in [3.05, 3.63) is 29.8 Å². The van der Waals surface area contributed by atoms with E-state index in [1.165, 1.54) is 31.2 Å². The van der Waals surface area contributed by atoms with Crippen LogP contribution in [-0.4, -0.2) is 7.11 Å². The van der Waals surface area contributed by atoms with Crippen LogP contribution < -0.4 is 10.5 Å². The number of methoxy groups -OCH3 is 1. The van der Waals surface area contributed by atoms with Crippen molar-refractivity contribution in [2.75, 3.05) is 7.11 Å². The Bertz CT molecular complexity index is 323. The van der Waals surface area contributed by atoms with Crippen LogP contribution in [0.5, 0.6) is 5.75 Å². The minimum Gasteiger partial charge on any atom is -0.497 e. The van der Waals surface area contributed by atoms with Gasteiger partial charge in [-0.3, -0.25) is 0 Å². The lowest BCUT2D eigenvalue weighted by Crippen LogP contribution is -2.18. The van der Waals surface area contributed by atoms with Gasteiger partial charge in [0, 0.05) is 6.04 Å². The monoisotopic (exact) mass is 241 g/mol. The summed E-state index contributed by atoms with van der Waals surface area (Å²) in [5, 5.41) is 0. The first-order valence-electron chi connectivity index (χ1n) is 5.71. The van der Waals surface area contributed by atoms with Gasteiger partial charge in [-0.2, -0.15) is 0 Å². The standard InChI is InChI=1S/C13H19NO.ClH/c1-15-12-8-4-7-11(9-12)13(14)10-5-2-3-6-10;/h4,7-10,13H,2-3,5-6,14H2,1H3;1H/t13-;/m0./s1. The lowest BCUT2D eigenvalue weighted by Gasteiger charge is -2.19. The Balaban J connectivity index is 0.00000128. The molecule has 0 unspecified atom stereocenters. The summed E-state index contributed by atoms with van der Waals surface area (Å²) in [5.41, 5.74) is 7.48. The largest absolute Gasteiger partial charge is 0.497 e. The molecule has 16 heavy (non-hydrogen) atoms. The van der Waals surface area contributed by atoms with Crippen molar-refractivity contribution in [3.63, 3.8) is 0 Å². The predicted molar refractivity (Wildman–Crippen MR) is 69.1 cm³/mol. The number of halogens is 1. The van der Waals surface area contributed by atoms with Crippen LogP contribution in [0.3, 0.4) is 0 Å². The van der Waals surface area contributed by atoms with Crippen molar-refractivity contribution in [2.24, 2.45) is 11.7 Å². The van der Waals surface area contributed by atoms with Gasteiger partial charge < -0.3 is 10.5 Å². The van der Waals surface area contributed by atoms with Crippen molar-refractivity contribution in [3.8, 4) is 5.75 Å². The van der Waals surface area contributed by atoms with E-state index in [1.807, 2.05) is 12.1 Å². The molecule has 0 radical (unpaired) electrons. The van der Waals surface area contributed by atoms with Gasteiger partial charge in [0.25, 0.3) is 0 Å². The number of ether oxygens (including phenoxy) is 1. The molecule has 1 atom stereocenters. The van der Waals surface area contributed by atoms with E-state index in [0.29, 0.717) is 5.92 Å². The number of rotatable bonds is 3. The van der Waals surface area contributed by atoms with Crippen molar-refractivity contribution < 1.29 is 4.74 Å². The maximum Gasteiger partial charge on any atom is 0.119 e. The molecule has 1 aliphatic rings. The molecule has 1 fully saturated rings. The van der Waals surface area contributed by atoms with Crippen LogP contribution in [0.4, 0.5) is 0 Å². The summed E-state index contributed by atoms with van der Waals surface area (Å²) in [4.78, 5) is 0. The van der Waals surface area contributed by atoms with Gasteiger partial charge in [0.05, 0.1) is 7.11 Å². The smallest absolute Gasteiger partial charge is 0.119 e. The molecule has 2 rings (SSSR count). The van der Waals surface area contributed by atoms with Gasteiger partial charge >= 0.3 is 0 Å². The van der Waals surface area contributed by atoms with Crippen LogP contribution in [0.2, 0.25) is 0 Å². The molecular formula is C13H20ClNO. The molecule has 0 heterocycles. The van der Waals surface area contributed by atoms with Gasteiger partial charge in [-0.05, 0) is 36.5 Å². The van der Waals surface area contributed by atoms with Crippen LogP contribution in [0, 0.1) is 5.92 Å². The van der Waals surface area contributed by atoms with E-state index in [4.69, 9.17) is 10.5 Å². The topological polar surface area (TPSA) is 35.2 Å². The molecule has 0 spiro atoms. The Kier molecular flexibility index (Phi) is 5.10. The van der Waals surface area contributed by atoms with Crippen LogP contribution >= 0.6 is 12.4 Å². The summed E-state index contributed by atoms with van der Waals surface area (Å²) < 4.78 is 5.21. The fourth-order valence-corrected chi connectivity index (χ4v) is 2.44. The molecule has 1 saturated carbocycles. The first kappa shape index (κ1) is 13.3. The summed E-state index contributed by atoms with van der Waals surface area (Å²) in [6.45, 7) is 0. The molecule has 1 aromatic rings. The van der Waals surface area contributed by atoms with E-state index in [0.717, 1.165) is 5.75 Å². The quantitative estimate of drug-likeness (QED) is 0.881. The average Bonchev–Trinajstić information content (AvgIpc) is 2.81. The molecule has 2 N–H and O–H groups in total. The molecule has 90 valence electrons. The summed E-state index contributed by atoms with van der Waals surface area (Å²) >= 11 is 0. The third-order valence-electron chi connectivity index (χ3n) is 3.39. The predicted octanol–water partition coefficient (Wildman–Crippen LogP) is 3.31. The van der Waals surface area contributed by atoms with Crippen molar-refractivity contribution in [1.29, 1.82) is 0 Å². The average molecular weight is 242 g/mol. The third kappa shape index (κ3) is 2.89. The van der Waals surface area contributed by atoms with Gasteiger partial charge in [-0.1, -0.05) is 25.0 Å². The van der Waals surface area contributed by atoms with Crippen LogP contribution in [0.15, 0.2) is 24.3 Å². The van der Waals surface area contributed by atoms with Gasteiger partial charge in [0.2, 0.25) is 0 Å². The Morgan fingerprint density at radius 2 is 2.00 bits per heavy atom. The Hall–Kier alpha value is -0.730. The van der Waals surface area contributed by atoms with Gasteiger partial charge in [0.1, 0.15) is 5.75 Å². The van der Waals surface area contributed by atoms with Crippen LogP contribution in [-0.2, 0) is 0 Å². The Labute approximate surface area is 104 Å². The number of hydrogen-bond acceptors (Lipinski definition) is 2. The Morgan fingerprint density at radius 3 is 2.62 bits per heavy atom. The summed E-state index contributed by atoms with van der Waals surface area (Å²) in [5.74, 6) is 1.57. The maximum atomic E-state index is 6.27. The zero-order valence-corrected chi connectivity index (χ0v) is 10.5. The second-order valence-electron chi connectivity index (χ2n) is 4.35. The first-order chi connectivity index (χ1) is 7.31. The third-order valence-corrected chi connectivity index (χ3v) is 3.39. The molecule has 0 aliphatic heterocycles. The van der Waals surface area contributed by atoms with E-state index >= 15 is 0 Å². The fraction of sp³-hybridized carbons (Fsp3) is 0.538. The van der Waals surface area contributed by atoms with Crippen molar-refractivity contribution in [2.45, 2.75) is 31.7 Å². The molecule has 0 saturated heterocycles. The van der Waals surface area contributed by atoms with Crippen LogP contribution in [0.1, 0.15) is 37.3 Å². The Morgan fingerprint density at radius 1 is 1.31 bits per heavy atom. The van der Waals surface area contributed by atoms with E-state index in [1.54, 1.807) is 7.11 Å². The number of nitrogens with two attached hydrogens (primary N) is 1. The SMILES string of the molecule is COc1cccc([C@@H](N)C2CCCC2)c1.Cl. The van der Waals surface area contributed by atoms with E-state index in [-0.39, 0.29) is 18.4 Å². The lowest BCUT2D eigenvalue weighted by atomic mass is 9.92. The zero-order chi connectivity index (χ0) is 10.7. The molecular weight excluding hydrogens is 222 g/mol. The van der Waals surface area contributed by atoms with E-state index in [2.05, 4.69) is 12.1 Å². The van der Waals surface area contributed by atoms with Gasteiger partial charge in [0.15, 0.2) is 0 Å². The lowest BCUT2D eigenvalue weighted by molar-refractivity contribution is 0.409. The highest BCUT2D eigenvalue weighted by Gasteiger charge is 2.23. The molecule has 2 nitrogen and oxygen atoms in total. The van der Waals surface area contributed by atoms with Gasteiger partial charge in [-0.25, -0.2) is 0 Å². The van der Waals surface area contributed by atoms with E-state index in [9.17, 15) is 0 Å². The second-order valence-corrected chi connectivity index (χ2v) is 4.35. The van der Waals surface area contributed by atoms with Crippen LogP contribution in [0.25, 0.3) is 0 Å². The van der Waals surface area contributed by atoms with E-state index < -0.39 is 0 Å². The molecule has 0 aromatic heterocycles. The highest BCUT2D eigenvalue weighted by molar-refractivity contribution is 5.85. The maximum absolute atomic E-state index is 6.27. The normalized spacial score (nSPS) is 17.9. The summed E-state index contributed by atoms with van der Waals surface area (Å²) in [6.07, 6.45) is 5.22. The molecule has 0 bridgehead atoms. The number of hydrogen-bond donors (Lipinski definition) is 1. The zero-order valence-electron chi connectivity index (χ0n) is 9.69. The molecule has 1 aliphatic carbocycles. The van der Waals surface area contributed by atoms with Gasteiger partial charge in [-0.15, -0.1) is 12.4 Å². The van der Waals surface area contributed by atoms with Crippen molar-refractivity contribution in [1.82, 2.24) is 0 Å². The second kappa shape index (κ2) is 6.12. The molecule has 0 amide bonds. The number of benzene rings is 1. The highest BCUT2D eigenvalue weighted by atomic mass is 35.5. The first-order valence-corrected chi connectivity index (χ1v) is 5.71. The summed E-state index contributed by atoms with van der Waals surface area (Å²) in [7, 11) is 1.69. The molecule has 3 heteroatoms. The minimum atomic E-state index is 0. The van der Waals surface area contributed by atoms with Crippen molar-refractivity contribution >= 4 is 12.4 Å².